The molecule has 2 N–H and O–H groups in total. The second-order valence-corrected chi connectivity index (χ2v) is 5.64. The summed E-state index contributed by atoms with van der Waals surface area (Å²) in [6.07, 6.45) is 1.03. The number of halogens is 1. The molecule has 1 aromatic carbocycles. The van der Waals surface area contributed by atoms with Crippen molar-refractivity contribution in [3.63, 3.8) is 0 Å². The zero-order valence-electron chi connectivity index (χ0n) is 12.4. The molecule has 0 aliphatic heterocycles. The Morgan fingerprint density at radius 2 is 1.95 bits per heavy atom. The van der Waals surface area contributed by atoms with Crippen LogP contribution in [-0.4, -0.2) is 19.6 Å². The Balaban J connectivity index is 0.00000220. The van der Waals surface area contributed by atoms with Gasteiger partial charge in [0.2, 0.25) is 0 Å². The van der Waals surface area contributed by atoms with Crippen molar-refractivity contribution in [1.29, 1.82) is 0 Å². The first-order valence-electron chi connectivity index (χ1n) is 6.81. The van der Waals surface area contributed by atoms with Crippen LogP contribution in [0.4, 0.5) is 0 Å². The van der Waals surface area contributed by atoms with E-state index in [4.69, 9.17) is 0 Å². The van der Waals surface area contributed by atoms with Crippen molar-refractivity contribution in [2.45, 2.75) is 19.9 Å². The summed E-state index contributed by atoms with van der Waals surface area (Å²) < 4.78 is 0. The first kappa shape index (κ1) is 18.0. The van der Waals surface area contributed by atoms with Gasteiger partial charge in [-0.05, 0) is 35.9 Å². The molecule has 0 spiro atoms. The number of thiophene rings is 1. The summed E-state index contributed by atoms with van der Waals surface area (Å²) in [4.78, 5) is 5.64. The molecule has 0 amide bonds. The number of nitrogens with zero attached hydrogens (tertiary/aromatic N) is 1. The topological polar surface area (TPSA) is 36.4 Å². The van der Waals surface area contributed by atoms with Gasteiger partial charge in [0.1, 0.15) is 0 Å². The van der Waals surface area contributed by atoms with Gasteiger partial charge in [-0.25, -0.2) is 0 Å². The standard InChI is InChI=1S/C16H21N3S.HI/c1-13-6-3-4-7-14(13)12-19-16(17-2)18-10-9-15-8-5-11-20-15;/h3-8,11H,9-10,12H2,1-2H3,(H2,17,18,19);1H. The normalized spacial score (nSPS) is 10.9. The number of guanidine groups is 1. The third kappa shape index (κ3) is 6.05. The van der Waals surface area contributed by atoms with Gasteiger partial charge in [0.15, 0.2) is 5.96 Å². The molecule has 0 aliphatic rings. The smallest absolute Gasteiger partial charge is 0.191 e. The minimum Gasteiger partial charge on any atom is -0.356 e. The lowest BCUT2D eigenvalue weighted by Crippen LogP contribution is -2.37. The van der Waals surface area contributed by atoms with Crippen molar-refractivity contribution >= 4 is 41.3 Å². The van der Waals surface area contributed by atoms with Crippen LogP contribution >= 0.6 is 35.3 Å². The fourth-order valence-electron chi connectivity index (χ4n) is 1.97. The monoisotopic (exact) mass is 415 g/mol. The fraction of sp³-hybridized carbons (Fsp3) is 0.312. The van der Waals surface area contributed by atoms with Crippen molar-refractivity contribution < 1.29 is 0 Å². The lowest BCUT2D eigenvalue weighted by atomic mass is 10.1. The quantitative estimate of drug-likeness (QED) is 0.445. The minimum atomic E-state index is 0. The summed E-state index contributed by atoms with van der Waals surface area (Å²) in [6, 6.07) is 12.6. The van der Waals surface area contributed by atoms with E-state index < -0.39 is 0 Å². The van der Waals surface area contributed by atoms with Crippen molar-refractivity contribution in [2.75, 3.05) is 13.6 Å². The van der Waals surface area contributed by atoms with Crippen LogP contribution in [0.2, 0.25) is 0 Å². The number of aliphatic imine (C=N–C) groups is 1. The lowest BCUT2D eigenvalue weighted by molar-refractivity contribution is 0.797. The summed E-state index contributed by atoms with van der Waals surface area (Å²) in [7, 11) is 1.80. The predicted molar refractivity (Wildman–Crippen MR) is 103 cm³/mol. The Morgan fingerprint density at radius 1 is 1.14 bits per heavy atom. The van der Waals surface area contributed by atoms with Gasteiger partial charge in [0.25, 0.3) is 0 Å². The number of benzene rings is 1. The molecule has 1 aromatic heterocycles. The molecular weight excluding hydrogens is 393 g/mol. The first-order chi connectivity index (χ1) is 9.79. The van der Waals surface area contributed by atoms with E-state index in [1.807, 2.05) is 0 Å². The van der Waals surface area contributed by atoms with Crippen LogP contribution < -0.4 is 10.6 Å². The molecule has 0 bridgehead atoms. The van der Waals surface area contributed by atoms with E-state index >= 15 is 0 Å². The summed E-state index contributed by atoms with van der Waals surface area (Å²) in [5.74, 6) is 0.852. The van der Waals surface area contributed by atoms with Gasteiger partial charge in [0.05, 0.1) is 0 Å². The van der Waals surface area contributed by atoms with Crippen LogP contribution in [0.5, 0.6) is 0 Å². The van der Waals surface area contributed by atoms with Crippen molar-refractivity contribution in [3.05, 3.63) is 57.8 Å². The fourth-order valence-corrected chi connectivity index (χ4v) is 2.68. The number of hydrogen-bond donors (Lipinski definition) is 2. The maximum atomic E-state index is 4.25. The van der Waals surface area contributed by atoms with Gasteiger partial charge in [-0.3, -0.25) is 4.99 Å². The Hall–Kier alpha value is -1.08. The van der Waals surface area contributed by atoms with Crippen LogP contribution in [0.15, 0.2) is 46.8 Å². The molecule has 0 saturated heterocycles. The molecule has 0 unspecified atom stereocenters. The van der Waals surface area contributed by atoms with Crippen molar-refractivity contribution in [3.8, 4) is 0 Å². The second-order valence-electron chi connectivity index (χ2n) is 4.61. The number of hydrogen-bond acceptors (Lipinski definition) is 2. The highest BCUT2D eigenvalue weighted by Gasteiger charge is 2.00. The Kier molecular flexibility index (Phi) is 8.37. The third-order valence-corrected chi connectivity index (χ3v) is 4.11. The van der Waals surface area contributed by atoms with Gasteiger partial charge in [-0.1, -0.05) is 30.3 Å². The molecule has 3 nitrogen and oxygen atoms in total. The van der Waals surface area contributed by atoms with Gasteiger partial charge in [0, 0.05) is 25.0 Å². The zero-order valence-corrected chi connectivity index (χ0v) is 15.6. The van der Waals surface area contributed by atoms with Gasteiger partial charge < -0.3 is 10.6 Å². The van der Waals surface area contributed by atoms with Crippen LogP contribution in [-0.2, 0) is 13.0 Å². The minimum absolute atomic E-state index is 0. The van der Waals surface area contributed by atoms with Crippen LogP contribution in [0.1, 0.15) is 16.0 Å². The highest BCUT2D eigenvalue weighted by molar-refractivity contribution is 14.0. The van der Waals surface area contributed by atoms with E-state index in [0.717, 1.165) is 25.5 Å². The Morgan fingerprint density at radius 3 is 2.62 bits per heavy atom. The molecule has 5 heteroatoms. The summed E-state index contributed by atoms with van der Waals surface area (Å²) in [5.41, 5.74) is 2.60. The third-order valence-electron chi connectivity index (χ3n) is 3.18. The Bertz CT molecular complexity index is 552. The summed E-state index contributed by atoms with van der Waals surface area (Å²) >= 11 is 1.79. The van der Waals surface area contributed by atoms with Crippen molar-refractivity contribution in [2.24, 2.45) is 4.99 Å². The average Bonchev–Trinajstić information content (AvgIpc) is 2.97. The molecule has 21 heavy (non-hydrogen) atoms. The first-order valence-corrected chi connectivity index (χ1v) is 7.69. The van der Waals surface area contributed by atoms with E-state index in [1.165, 1.54) is 16.0 Å². The molecule has 2 aromatic rings. The molecule has 0 atom stereocenters. The molecule has 0 saturated carbocycles. The van der Waals surface area contributed by atoms with E-state index in [-0.39, 0.29) is 24.0 Å². The Labute approximate surface area is 147 Å². The van der Waals surface area contributed by atoms with E-state index in [1.54, 1.807) is 18.4 Å². The molecule has 1 heterocycles. The van der Waals surface area contributed by atoms with Crippen LogP contribution in [0.3, 0.4) is 0 Å². The molecule has 114 valence electrons. The van der Waals surface area contributed by atoms with Gasteiger partial charge in [-0.2, -0.15) is 0 Å². The largest absolute Gasteiger partial charge is 0.356 e. The summed E-state index contributed by atoms with van der Waals surface area (Å²) in [6.45, 7) is 3.82. The van der Waals surface area contributed by atoms with E-state index in [0.29, 0.717) is 0 Å². The lowest BCUT2D eigenvalue weighted by Gasteiger charge is -2.12. The zero-order chi connectivity index (χ0) is 14.2. The highest BCUT2D eigenvalue weighted by Crippen LogP contribution is 2.08. The maximum Gasteiger partial charge on any atom is 0.191 e. The molecular formula is C16H22IN3S. The molecule has 0 radical (unpaired) electrons. The highest BCUT2D eigenvalue weighted by atomic mass is 127. The molecule has 0 aliphatic carbocycles. The number of aryl methyl sites for hydroxylation is 1. The second kappa shape index (κ2) is 9.78. The average molecular weight is 415 g/mol. The maximum absolute atomic E-state index is 4.25. The SMILES string of the molecule is CN=C(NCCc1cccs1)NCc1ccccc1C.I. The van der Waals surface area contributed by atoms with E-state index in [9.17, 15) is 0 Å². The molecule has 2 rings (SSSR count). The predicted octanol–water partition coefficient (Wildman–Crippen LogP) is 3.58. The van der Waals surface area contributed by atoms with Crippen LogP contribution in [0, 0.1) is 6.92 Å². The van der Waals surface area contributed by atoms with Crippen LogP contribution in [0.25, 0.3) is 0 Å². The van der Waals surface area contributed by atoms with E-state index in [2.05, 4.69) is 64.3 Å². The number of nitrogens with one attached hydrogen (secondary N) is 2. The summed E-state index contributed by atoms with van der Waals surface area (Å²) in [5, 5.41) is 8.80. The molecule has 0 fully saturated rings. The van der Waals surface area contributed by atoms with Gasteiger partial charge >= 0.3 is 0 Å². The van der Waals surface area contributed by atoms with Gasteiger partial charge in [-0.15, -0.1) is 35.3 Å². The number of rotatable bonds is 5. The van der Waals surface area contributed by atoms with Crippen molar-refractivity contribution in [1.82, 2.24) is 10.6 Å².